The quantitative estimate of drug-likeness (QED) is 0.792. The molecule has 0 aromatic rings. The van der Waals surface area contributed by atoms with Crippen LogP contribution in [0, 0.1) is 17.3 Å². The highest BCUT2D eigenvalue weighted by Crippen LogP contribution is 2.45. The standard InChI is InChI=1S/C15H28O3/c1-5-14(3,4)11-7-9-12(10-8-11)15(18,6-2)13(16)17/h11-12,18H,5-10H2,1-4H3,(H,16,17). The van der Waals surface area contributed by atoms with Gasteiger partial charge in [0.25, 0.3) is 0 Å². The highest BCUT2D eigenvalue weighted by molar-refractivity contribution is 5.77. The zero-order valence-electron chi connectivity index (χ0n) is 12.2. The zero-order valence-corrected chi connectivity index (χ0v) is 12.2. The minimum Gasteiger partial charge on any atom is -0.479 e. The first-order valence-corrected chi connectivity index (χ1v) is 7.23. The second kappa shape index (κ2) is 5.60. The summed E-state index contributed by atoms with van der Waals surface area (Å²) in [5.41, 5.74) is -1.18. The fourth-order valence-electron chi connectivity index (χ4n) is 3.26. The first-order chi connectivity index (χ1) is 8.28. The van der Waals surface area contributed by atoms with Gasteiger partial charge >= 0.3 is 5.97 Å². The summed E-state index contributed by atoms with van der Waals surface area (Å²) in [6.07, 6.45) is 5.21. The molecular formula is C15H28O3. The normalized spacial score (nSPS) is 28.7. The van der Waals surface area contributed by atoms with Crippen LogP contribution in [0.3, 0.4) is 0 Å². The van der Waals surface area contributed by atoms with Crippen LogP contribution >= 0.6 is 0 Å². The summed E-state index contributed by atoms with van der Waals surface area (Å²) < 4.78 is 0. The van der Waals surface area contributed by atoms with Gasteiger partial charge in [0.15, 0.2) is 5.60 Å². The first kappa shape index (κ1) is 15.5. The maximum atomic E-state index is 11.2. The summed E-state index contributed by atoms with van der Waals surface area (Å²) in [6.45, 7) is 8.56. The van der Waals surface area contributed by atoms with Gasteiger partial charge in [0.1, 0.15) is 0 Å². The van der Waals surface area contributed by atoms with Crippen molar-refractivity contribution in [1.29, 1.82) is 0 Å². The van der Waals surface area contributed by atoms with E-state index < -0.39 is 11.6 Å². The molecule has 2 N–H and O–H groups in total. The summed E-state index contributed by atoms with van der Waals surface area (Å²) in [5.74, 6) is -0.472. The van der Waals surface area contributed by atoms with Crippen molar-refractivity contribution in [2.24, 2.45) is 17.3 Å². The Bertz CT molecular complexity index is 290. The van der Waals surface area contributed by atoms with E-state index in [0.717, 1.165) is 32.1 Å². The topological polar surface area (TPSA) is 57.5 Å². The molecule has 0 amide bonds. The molecule has 3 heteroatoms. The second-order valence-electron chi connectivity index (χ2n) is 6.47. The lowest BCUT2D eigenvalue weighted by Gasteiger charge is -2.42. The van der Waals surface area contributed by atoms with Gasteiger partial charge in [-0.25, -0.2) is 4.79 Å². The number of aliphatic carboxylic acids is 1. The predicted octanol–water partition coefficient (Wildman–Crippen LogP) is 3.45. The van der Waals surface area contributed by atoms with Crippen molar-refractivity contribution in [2.75, 3.05) is 0 Å². The molecule has 3 nitrogen and oxygen atoms in total. The lowest BCUT2D eigenvalue weighted by Crippen LogP contribution is -2.47. The summed E-state index contributed by atoms with van der Waals surface area (Å²) >= 11 is 0. The van der Waals surface area contributed by atoms with E-state index in [1.54, 1.807) is 6.92 Å². The SMILES string of the molecule is CCC(C)(C)C1CCC(C(O)(CC)C(=O)O)CC1. The third-order valence-corrected chi connectivity index (χ3v) is 5.33. The number of aliphatic hydroxyl groups is 1. The Morgan fingerprint density at radius 2 is 1.50 bits per heavy atom. The van der Waals surface area contributed by atoms with E-state index in [2.05, 4.69) is 20.8 Å². The Labute approximate surface area is 111 Å². The monoisotopic (exact) mass is 256 g/mol. The van der Waals surface area contributed by atoms with E-state index in [-0.39, 0.29) is 5.92 Å². The van der Waals surface area contributed by atoms with Crippen LogP contribution in [0.25, 0.3) is 0 Å². The molecule has 106 valence electrons. The third kappa shape index (κ3) is 2.87. The van der Waals surface area contributed by atoms with Gasteiger partial charge in [0, 0.05) is 0 Å². The molecule has 0 aromatic carbocycles. The molecule has 1 aliphatic rings. The fraction of sp³-hybridized carbons (Fsp3) is 0.933. The van der Waals surface area contributed by atoms with Gasteiger partial charge < -0.3 is 10.2 Å². The first-order valence-electron chi connectivity index (χ1n) is 7.23. The third-order valence-electron chi connectivity index (χ3n) is 5.33. The number of hydrogen-bond donors (Lipinski definition) is 2. The van der Waals surface area contributed by atoms with Crippen molar-refractivity contribution in [3.05, 3.63) is 0 Å². The van der Waals surface area contributed by atoms with Gasteiger partial charge in [-0.2, -0.15) is 0 Å². The average molecular weight is 256 g/mol. The molecule has 18 heavy (non-hydrogen) atoms. The van der Waals surface area contributed by atoms with E-state index in [4.69, 9.17) is 0 Å². The van der Waals surface area contributed by atoms with Crippen LogP contribution in [0.15, 0.2) is 0 Å². The van der Waals surface area contributed by atoms with Crippen molar-refractivity contribution in [1.82, 2.24) is 0 Å². The van der Waals surface area contributed by atoms with Crippen LogP contribution in [-0.4, -0.2) is 21.8 Å². The maximum Gasteiger partial charge on any atom is 0.335 e. The van der Waals surface area contributed by atoms with Gasteiger partial charge in [-0.3, -0.25) is 0 Å². The maximum absolute atomic E-state index is 11.2. The van der Waals surface area contributed by atoms with Crippen LogP contribution in [0.2, 0.25) is 0 Å². The molecule has 1 saturated carbocycles. The Hall–Kier alpha value is -0.570. The number of carbonyl (C=O) groups is 1. The van der Waals surface area contributed by atoms with Crippen LogP contribution < -0.4 is 0 Å². The van der Waals surface area contributed by atoms with Crippen molar-refractivity contribution in [2.45, 2.75) is 71.8 Å². The fourth-order valence-corrected chi connectivity index (χ4v) is 3.26. The van der Waals surface area contributed by atoms with E-state index in [0.29, 0.717) is 17.8 Å². The lowest BCUT2D eigenvalue weighted by atomic mass is 9.64. The second-order valence-corrected chi connectivity index (χ2v) is 6.47. The van der Waals surface area contributed by atoms with Gasteiger partial charge in [0.2, 0.25) is 0 Å². The van der Waals surface area contributed by atoms with Crippen molar-refractivity contribution >= 4 is 5.97 Å². The Kier molecular flexibility index (Phi) is 4.82. The highest BCUT2D eigenvalue weighted by Gasteiger charge is 2.45. The molecule has 0 aromatic heterocycles. The van der Waals surface area contributed by atoms with Crippen molar-refractivity contribution in [3.63, 3.8) is 0 Å². The minimum absolute atomic E-state index is 0.0797. The number of carboxylic acid groups (broad SMARTS) is 1. The van der Waals surface area contributed by atoms with Gasteiger partial charge in [-0.15, -0.1) is 0 Å². The predicted molar refractivity (Wildman–Crippen MR) is 72.4 cm³/mol. The Morgan fingerprint density at radius 3 is 1.83 bits per heavy atom. The summed E-state index contributed by atoms with van der Waals surface area (Å²) in [7, 11) is 0. The highest BCUT2D eigenvalue weighted by atomic mass is 16.4. The molecule has 0 heterocycles. The number of carboxylic acids is 1. The van der Waals surface area contributed by atoms with Crippen LogP contribution in [0.5, 0.6) is 0 Å². The smallest absolute Gasteiger partial charge is 0.335 e. The molecule has 1 aliphatic carbocycles. The summed E-state index contributed by atoms with van der Waals surface area (Å²) in [4.78, 5) is 11.2. The minimum atomic E-state index is -1.51. The summed E-state index contributed by atoms with van der Waals surface area (Å²) in [6, 6.07) is 0. The van der Waals surface area contributed by atoms with Gasteiger partial charge in [-0.05, 0) is 49.4 Å². The Morgan fingerprint density at radius 1 is 1.06 bits per heavy atom. The van der Waals surface area contributed by atoms with E-state index in [9.17, 15) is 15.0 Å². The van der Waals surface area contributed by atoms with E-state index >= 15 is 0 Å². The largest absolute Gasteiger partial charge is 0.479 e. The zero-order chi connectivity index (χ0) is 14.0. The molecule has 0 bridgehead atoms. The van der Waals surface area contributed by atoms with Crippen molar-refractivity contribution in [3.8, 4) is 0 Å². The van der Waals surface area contributed by atoms with Crippen LogP contribution in [0.4, 0.5) is 0 Å². The molecule has 1 fully saturated rings. The summed E-state index contributed by atoms with van der Waals surface area (Å²) in [5, 5.41) is 19.5. The molecule has 1 unspecified atom stereocenters. The molecule has 0 spiro atoms. The van der Waals surface area contributed by atoms with Crippen LogP contribution in [-0.2, 0) is 4.79 Å². The molecule has 1 atom stereocenters. The average Bonchev–Trinajstić information content (AvgIpc) is 2.37. The van der Waals surface area contributed by atoms with Crippen molar-refractivity contribution < 1.29 is 15.0 Å². The molecule has 1 rings (SSSR count). The van der Waals surface area contributed by atoms with Crippen LogP contribution in [0.1, 0.15) is 66.2 Å². The van der Waals surface area contributed by atoms with E-state index in [1.807, 2.05) is 0 Å². The Balaban J connectivity index is 2.67. The van der Waals surface area contributed by atoms with E-state index in [1.165, 1.54) is 0 Å². The van der Waals surface area contributed by atoms with Gasteiger partial charge in [0.05, 0.1) is 0 Å². The number of rotatable bonds is 5. The number of hydrogen-bond acceptors (Lipinski definition) is 2. The lowest BCUT2D eigenvalue weighted by molar-refractivity contribution is -0.168. The molecular weight excluding hydrogens is 228 g/mol. The van der Waals surface area contributed by atoms with Gasteiger partial charge in [-0.1, -0.05) is 34.1 Å². The molecule has 0 saturated heterocycles. The molecule has 0 aliphatic heterocycles. The molecule has 0 radical (unpaired) electrons.